The molecule has 0 radical (unpaired) electrons. The van der Waals surface area contributed by atoms with E-state index in [-0.39, 0.29) is 4.95 Å². The van der Waals surface area contributed by atoms with E-state index >= 15 is 0 Å². The molecule has 0 saturated carbocycles. The van der Waals surface area contributed by atoms with Gasteiger partial charge >= 0.3 is 0 Å². The molecule has 0 saturated heterocycles. The smallest absolute Gasteiger partial charge is 0.141 e. The molecule has 0 N–H and O–H groups in total. The van der Waals surface area contributed by atoms with Gasteiger partial charge in [0.25, 0.3) is 0 Å². The molecule has 3 heteroatoms. The first-order valence-corrected chi connectivity index (χ1v) is 2.50. The highest BCUT2D eigenvalue weighted by Gasteiger charge is 1.94. The molecule has 0 bridgehead atoms. The van der Waals surface area contributed by atoms with E-state index in [1.807, 2.05) is 0 Å². The van der Waals surface area contributed by atoms with Crippen molar-refractivity contribution in [1.82, 2.24) is 0 Å². The zero-order chi connectivity index (χ0) is 4.41. The molecule has 0 aromatic carbocycles. The van der Waals surface area contributed by atoms with Gasteiger partial charge in [0.1, 0.15) is 11.3 Å². The van der Waals surface area contributed by atoms with Crippen LogP contribution in [0.3, 0.4) is 0 Å². The lowest BCUT2D eigenvalue weighted by atomic mass is 10.8. The molecule has 2 nitrogen and oxygen atoms in total. The summed E-state index contributed by atoms with van der Waals surface area (Å²) in [5.74, 6) is 0. The molecule has 0 aromatic heterocycles. The van der Waals surface area contributed by atoms with Crippen molar-refractivity contribution in [2.45, 2.75) is 4.95 Å². The molecule has 6 heavy (non-hydrogen) atoms. The Kier molecular flexibility index (Phi) is 1.01. The minimum Gasteiger partial charge on any atom is -0.253 e. The van der Waals surface area contributed by atoms with E-state index in [0.29, 0.717) is 0 Å². The minimum atomic E-state index is 0.137. The second-order valence-electron chi connectivity index (χ2n) is 0.935. The van der Waals surface area contributed by atoms with Crippen LogP contribution in [0.2, 0.25) is 0 Å². The first-order chi connectivity index (χ1) is 2.89. The lowest BCUT2D eigenvalue weighted by Gasteiger charge is -1.78. The van der Waals surface area contributed by atoms with Gasteiger partial charge < -0.3 is 0 Å². The number of nitrogens with zero attached hydrogens (tertiary/aromatic N) is 2. The normalized spacial score (nSPS) is 29.2. The molecule has 32 valence electrons. The molecule has 1 atom stereocenters. The topological polar surface area (TPSA) is 24.7 Å². The predicted molar refractivity (Wildman–Crippen MR) is 29.7 cm³/mol. The van der Waals surface area contributed by atoms with E-state index in [9.17, 15) is 0 Å². The summed E-state index contributed by atoms with van der Waals surface area (Å²) in [4.78, 5) is 7.64. The average Bonchev–Trinajstić information content (AvgIpc) is 1.86. The van der Waals surface area contributed by atoms with Crippen LogP contribution in [0.4, 0.5) is 0 Å². The number of aliphatic imine (C=N–C) groups is 2. The van der Waals surface area contributed by atoms with Gasteiger partial charge in [-0.1, -0.05) is 15.9 Å². The Labute approximate surface area is 44.1 Å². The standard InChI is InChI=1S/C3H3BrN2/c4-3-1-5-2-6-3/h1-3H/t3-/m1/s1. The number of halogens is 1. The van der Waals surface area contributed by atoms with Gasteiger partial charge in [0.2, 0.25) is 0 Å². The Morgan fingerprint density at radius 2 is 2.50 bits per heavy atom. The fraction of sp³-hybridized carbons (Fsp3) is 0.333. The Morgan fingerprint density at radius 3 is 2.67 bits per heavy atom. The lowest BCUT2D eigenvalue weighted by molar-refractivity contribution is 1.31. The summed E-state index contributed by atoms with van der Waals surface area (Å²) in [5, 5.41) is 0. The van der Waals surface area contributed by atoms with Crippen LogP contribution in [0.15, 0.2) is 9.98 Å². The lowest BCUT2D eigenvalue weighted by Crippen LogP contribution is -1.84. The Morgan fingerprint density at radius 1 is 1.67 bits per heavy atom. The number of hydrogen-bond acceptors (Lipinski definition) is 2. The maximum absolute atomic E-state index is 3.81. The molecular weight excluding hydrogens is 144 g/mol. The van der Waals surface area contributed by atoms with E-state index in [1.54, 1.807) is 6.21 Å². The van der Waals surface area contributed by atoms with Crippen molar-refractivity contribution in [3.63, 3.8) is 0 Å². The number of hydrogen-bond donors (Lipinski definition) is 0. The summed E-state index contributed by atoms with van der Waals surface area (Å²) in [6, 6.07) is 0. The van der Waals surface area contributed by atoms with Crippen molar-refractivity contribution in [1.29, 1.82) is 0 Å². The van der Waals surface area contributed by atoms with Crippen LogP contribution in [-0.4, -0.2) is 17.5 Å². The molecule has 1 rings (SSSR count). The summed E-state index contributed by atoms with van der Waals surface area (Å²) in [6.07, 6.45) is 3.25. The number of alkyl halides is 1. The van der Waals surface area contributed by atoms with E-state index in [1.165, 1.54) is 6.34 Å². The van der Waals surface area contributed by atoms with Crippen LogP contribution in [-0.2, 0) is 0 Å². The third kappa shape index (κ3) is 0.653. The predicted octanol–water partition coefficient (Wildman–Crippen LogP) is 0.820. The van der Waals surface area contributed by atoms with Crippen molar-refractivity contribution in [2.75, 3.05) is 0 Å². The van der Waals surface area contributed by atoms with E-state index in [4.69, 9.17) is 0 Å². The van der Waals surface area contributed by atoms with Crippen molar-refractivity contribution < 1.29 is 0 Å². The van der Waals surface area contributed by atoms with E-state index < -0.39 is 0 Å². The Hall–Kier alpha value is -0.180. The van der Waals surface area contributed by atoms with E-state index in [2.05, 4.69) is 25.9 Å². The third-order valence-corrected chi connectivity index (χ3v) is 0.958. The molecule has 0 aliphatic carbocycles. The first kappa shape index (κ1) is 3.99. The Balaban J connectivity index is 2.60. The number of rotatable bonds is 0. The van der Waals surface area contributed by atoms with Gasteiger partial charge in [-0.3, -0.25) is 4.99 Å². The molecule has 1 heterocycles. The summed E-state index contributed by atoms with van der Waals surface area (Å²) >= 11 is 3.19. The van der Waals surface area contributed by atoms with Crippen molar-refractivity contribution in [3.05, 3.63) is 0 Å². The van der Waals surface area contributed by atoms with Crippen LogP contribution in [0, 0.1) is 0 Å². The highest BCUT2D eigenvalue weighted by Crippen LogP contribution is 1.99. The fourth-order valence-corrected chi connectivity index (χ4v) is 0.492. The quantitative estimate of drug-likeness (QED) is 0.358. The molecule has 0 spiro atoms. The molecule has 0 unspecified atom stereocenters. The van der Waals surface area contributed by atoms with Crippen LogP contribution in [0.25, 0.3) is 0 Å². The van der Waals surface area contributed by atoms with Gasteiger partial charge in [0.05, 0.1) is 0 Å². The first-order valence-electron chi connectivity index (χ1n) is 1.58. The zero-order valence-electron chi connectivity index (χ0n) is 3.00. The molecule has 1 aliphatic rings. The van der Waals surface area contributed by atoms with Crippen molar-refractivity contribution >= 4 is 28.5 Å². The van der Waals surface area contributed by atoms with Crippen LogP contribution < -0.4 is 0 Å². The summed E-state index contributed by atoms with van der Waals surface area (Å²) in [7, 11) is 0. The van der Waals surface area contributed by atoms with Crippen LogP contribution in [0.5, 0.6) is 0 Å². The fourth-order valence-electron chi connectivity index (χ4n) is 0.250. The largest absolute Gasteiger partial charge is 0.253 e. The highest BCUT2D eigenvalue weighted by molar-refractivity contribution is 9.09. The summed E-state index contributed by atoms with van der Waals surface area (Å²) in [5.41, 5.74) is 0. The van der Waals surface area contributed by atoms with Gasteiger partial charge in [-0.25, -0.2) is 4.99 Å². The second kappa shape index (κ2) is 1.51. The molecule has 0 aromatic rings. The summed E-state index contributed by atoms with van der Waals surface area (Å²) < 4.78 is 0. The SMILES string of the molecule is Br[C@H]1C=NC=N1. The van der Waals surface area contributed by atoms with Gasteiger partial charge in [0, 0.05) is 6.21 Å². The van der Waals surface area contributed by atoms with Crippen molar-refractivity contribution in [3.8, 4) is 0 Å². The van der Waals surface area contributed by atoms with Crippen LogP contribution in [0.1, 0.15) is 0 Å². The monoisotopic (exact) mass is 146 g/mol. The highest BCUT2D eigenvalue weighted by atomic mass is 79.9. The molecule has 0 fully saturated rings. The van der Waals surface area contributed by atoms with E-state index in [0.717, 1.165) is 0 Å². The molecule has 1 aliphatic heterocycles. The maximum atomic E-state index is 3.81. The van der Waals surface area contributed by atoms with Crippen LogP contribution >= 0.6 is 15.9 Å². The van der Waals surface area contributed by atoms with Crippen molar-refractivity contribution in [2.24, 2.45) is 9.98 Å². The molecular formula is C3H3BrN2. The van der Waals surface area contributed by atoms with Gasteiger partial charge in [-0.15, -0.1) is 0 Å². The Bertz CT molecular complexity index is 85.0. The zero-order valence-corrected chi connectivity index (χ0v) is 4.59. The van der Waals surface area contributed by atoms with Gasteiger partial charge in [0.15, 0.2) is 0 Å². The van der Waals surface area contributed by atoms with Gasteiger partial charge in [-0.05, 0) is 0 Å². The van der Waals surface area contributed by atoms with Gasteiger partial charge in [-0.2, -0.15) is 0 Å². The minimum absolute atomic E-state index is 0.137. The third-order valence-electron chi connectivity index (χ3n) is 0.485. The molecule has 0 amide bonds. The average molecular weight is 147 g/mol. The second-order valence-corrected chi connectivity index (χ2v) is 1.87. The maximum Gasteiger partial charge on any atom is 0.141 e. The summed E-state index contributed by atoms with van der Waals surface area (Å²) in [6.45, 7) is 0.